The van der Waals surface area contributed by atoms with E-state index in [0.29, 0.717) is 11.3 Å². The van der Waals surface area contributed by atoms with Crippen LogP contribution in [0.2, 0.25) is 0 Å². The van der Waals surface area contributed by atoms with Crippen LogP contribution in [0.15, 0.2) is 16.3 Å². The van der Waals surface area contributed by atoms with E-state index < -0.39 is 26.9 Å². The van der Waals surface area contributed by atoms with Gasteiger partial charge in [-0.25, -0.2) is 13.1 Å². The van der Waals surface area contributed by atoms with Gasteiger partial charge in [0.1, 0.15) is 4.21 Å². The molecule has 22 heavy (non-hydrogen) atoms. The fourth-order valence-corrected chi connectivity index (χ4v) is 4.84. The lowest BCUT2D eigenvalue weighted by Gasteiger charge is -2.21. The second kappa shape index (κ2) is 6.67. The van der Waals surface area contributed by atoms with E-state index in [-0.39, 0.29) is 16.7 Å². The van der Waals surface area contributed by atoms with Crippen LogP contribution >= 0.6 is 11.3 Å². The largest absolute Gasteiger partial charge is 0.455 e. The highest BCUT2D eigenvalue weighted by molar-refractivity contribution is 7.91. The molecule has 0 unspecified atom stereocenters. The Labute approximate surface area is 130 Å². The van der Waals surface area contributed by atoms with Crippen LogP contribution in [0.3, 0.4) is 0 Å². The normalized spacial score (nSPS) is 17.6. The van der Waals surface area contributed by atoms with Gasteiger partial charge in [-0.3, -0.25) is 4.79 Å². The minimum Gasteiger partial charge on any atom is -0.283 e. The molecule has 1 aliphatic carbocycles. The average Bonchev–Trinajstić information content (AvgIpc) is 2.95. The number of halogens is 3. The van der Waals surface area contributed by atoms with Gasteiger partial charge in [0.25, 0.3) is 5.78 Å². The zero-order chi connectivity index (χ0) is 16.4. The predicted molar refractivity (Wildman–Crippen MR) is 76.5 cm³/mol. The zero-order valence-electron chi connectivity index (χ0n) is 11.6. The van der Waals surface area contributed by atoms with E-state index in [4.69, 9.17) is 0 Å². The van der Waals surface area contributed by atoms with E-state index in [1.807, 2.05) is 0 Å². The number of Topliss-reactive ketones (excluding diaryl/α,β-unsaturated/α-hetero) is 1. The smallest absolute Gasteiger partial charge is 0.283 e. The van der Waals surface area contributed by atoms with Crippen LogP contribution in [0.4, 0.5) is 13.2 Å². The summed E-state index contributed by atoms with van der Waals surface area (Å²) in [5.74, 6) is -1.76. The molecule has 1 N–H and O–H groups in total. The first-order valence-corrected chi connectivity index (χ1v) is 9.21. The number of nitrogens with one attached hydrogen (secondary N) is 1. The number of carbonyl (C=O) groups is 1. The standard InChI is InChI=1S/C13H16F3NO3S2/c14-13(15,16)12(18)10-6-7-11(21-10)22(19,20)17-8-9-4-2-1-3-5-9/h6-7,9,17H,1-5,8H2. The highest BCUT2D eigenvalue weighted by Crippen LogP contribution is 2.29. The Bertz CT molecular complexity index is 631. The summed E-state index contributed by atoms with van der Waals surface area (Å²) < 4.78 is 63.3. The van der Waals surface area contributed by atoms with Crippen LogP contribution in [0.25, 0.3) is 0 Å². The molecule has 1 fully saturated rings. The van der Waals surface area contributed by atoms with Crippen molar-refractivity contribution in [1.82, 2.24) is 4.72 Å². The molecule has 1 aliphatic rings. The van der Waals surface area contributed by atoms with Gasteiger partial charge in [-0.05, 0) is 30.9 Å². The molecule has 2 rings (SSSR count). The summed E-state index contributed by atoms with van der Waals surface area (Å²) in [7, 11) is -3.87. The van der Waals surface area contributed by atoms with Gasteiger partial charge >= 0.3 is 6.18 Å². The third-order valence-corrected chi connectivity index (χ3v) is 6.61. The van der Waals surface area contributed by atoms with Crippen molar-refractivity contribution in [3.63, 3.8) is 0 Å². The highest BCUT2D eigenvalue weighted by Gasteiger charge is 2.40. The molecule has 0 atom stereocenters. The number of sulfonamides is 1. The van der Waals surface area contributed by atoms with E-state index in [1.165, 1.54) is 0 Å². The number of hydrogen-bond donors (Lipinski definition) is 1. The highest BCUT2D eigenvalue weighted by atomic mass is 32.2. The average molecular weight is 355 g/mol. The molecule has 1 aromatic heterocycles. The molecule has 1 saturated carbocycles. The molecule has 124 valence electrons. The third kappa shape index (κ3) is 4.30. The van der Waals surface area contributed by atoms with Gasteiger partial charge < -0.3 is 0 Å². The zero-order valence-corrected chi connectivity index (χ0v) is 13.3. The van der Waals surface area contributed by atoms with Crippen molar-refractivity contribution >= 4 is 27.1 Å². The molecule has 0 aromatic carbocycles. The van der Waals surface area contributed by atoms with E-state index in [2.05, 4.69) is 4.72 Å². The number of alkyl halides is 3. The van der Waals surface area contributed by atoms with Crippen LogP contribution < -0.4 is 4.72 Å². The van der Waals surface area contributed by atoms with E-state index >= 15 is 0 Å². The van der Waals surface area contributed by atoms with Crippen LogP contribution in [-0.4, -0.2) is 26.9 Å². The van der Waals surface area contributed by atoms with E-state index in [0.717, 1.165) is 44.2 Å². The van der Waals surface area contributed by atoms with Crippen molar-refractivity contribution in [2.75, 3.05) is 6.54 Å². The Morgan fingerprint density at radius 1 is 1.23 bits per heavy atom. The first-order valence-electron chi connectivity index (χ1n) is 6.91. The molecule has 0 saturated heterocycles. The minimum atomic E-state index is -5.00. The predicted octanol–water partition coefficient (Wildman–Crippen LogP) is 3.35. The van der Waals surface area contributed by atoms with Gasteiger partial charge in [0.05, 0.1) is 4.88 Å². The molecule has 0 radical (unpaired) electrons. The van der Waals surface area contributed by atoms with Crippen molar-refractivity contribution in [3.8, 4) is 0 Å². The third-order valence-electron chi connectivity index (χ3n) is 3.61. The fourth-order valence-electron chi connectivity index (χ4n) is 2.42. The summed E-state index contributed by atoms with van der Waals surface area (Å²) in [4.78, 5) is 10.5. The summed E-state index contributed by atoms with van der Waals surface area (Å²) in [5.41, 5.74) is 0. The topological polar surface area (TPSA) is 63.2 Å². The molecule has 1 aromatic rings. The maximum absolute atomic E-state index is 12.3. The molecular formula is C13H16F3NO3S2. The van der Waals surface area contributed by atoms with E-state index in [1.54, 1.807) is 0 Å². The Hall–Kier alpha value is -0.930. The lowest BCUT2D eigenvalue weighted by molar-refractivity contribution is -0.0882. The van der Waals surface area contributed by atoms with E-state index in [9.17, 15) is 26.4 Å². The number of carbonyl (C=O) groups excluding carboxylic acids is 1. The van der Waals surface area contributed by atoms with Crippen molar-refractivity contribution in [3.05, 3.63) is 17.0 Å². The van der Waals surface area contributed by atoms with Crippen molar-refractivity contribution < 1.29 is 26.4 Å². The second-order valence-corrected chi connectivity index (χ2v) is 8.38. The fraction of sp³-hybridized carbons (Fsp3) is 0.615. The Kier molecular flexibility index (Phi) is 5.29. The molecule has 0 amide bonds. The summed E-state index contributed by atoms with van der Waals surface area (Å²) in [6.07, 6.45) is 0.180. The van der Waals surface area contributed by atoms with Gasteiger partial charge in [-0.15, -0.1) is 11.3 Å². The molecule has 0 bridgehead atoms. The monoisotopic (exact) mass is 355 g/mol. The van der Waals surface area contributed by atoms with Gasteiger partial charge in [0, 0.05) is 6.54 Å². The van der Waals surface area contributed by atoms with Crippen molar-refractivity contribution in [1.29, 1.82) is 0 Å². The molecule has 4 nitrogen and oxygen atoms in total. The van der Waals surface area contributed by atoms with Gasteiger partial charge in [-0.1, -0.05) is 19.3 Å². The number of thiophene rings is 1. The molecular weight excluding hydrogens is 339 g/mol. The number of rotatable bonds is 5. The maximum Gasteiger partial charge on any atom is 0.455 e. The summed E-state index contributed by atoms with van der Waals surface area (Å²) in [5, 5.41) is 0. The molecule has 0 aliphatic heterocycles. The first kappa shape index (κ1) is 17.4. The summed E-state index contributed by atoms with van der Waals surface area (Å²) >= 11 is 0.341. The number of ketones is 1. The van der Waals surface area contributed by atoms with Crippen LogP contribution in [0.5, 0.6) is 0 Å². The number of hydrogen-bond acceptors (Lipinski definition) is 4. The van der Waals surface area contributed by atoms with Crippen LogP contribution in [0.1, 0.15) is 41.8 Å². The molecule has 1 heterocycles. The Morgan fingerprint density at radius 2 is 1.86 bits per heavy atom. The first-order chi connectivity index (χ1) is 10.2. The van der Waals surface area contributed by atoms with Crippen LogP contribution in [0, 0.1) is 5.92 Å². The Morgan fingerprint density at radius 3 is 2.45 bits per heavy atom. The van der Waals surface area contributed by atoms with Gasteiger partial charge in [-0.2, -0.15) is 13.2 Å². The second-order valence-electron chi connectivity index (χ2n) is 5.30. The van der Waals surface area contributed by atoms with Crippen molar-refractivity contribution in [2.45, 2.75) is 42.5 Å². The quantitative estimate of drug-likeness (QED) is 0.824. The van der Waals surface area contributed by atoms with Crippen LogP contribution in [-0.2, 0) is 10.0 Å². The van der Waals surface area contributed by atoms with Gasteiger partial charge in [0.15, 0.2) is 0 Å². The molecule has 9 heteroatoms. The summed E-state index contributed by atoms with van der Waals surface area (Å²) in [6, 6.07) is 1.93. The summed E-state index contributed by atoms with van der Waals surface area (Å²) in [6.45, 7) is 0.281. The maximum atomic E-state index is 12.3. The lowest BCUT2D eigenvalue weighted by atomic mass is 9.90. The minimum absolute atomic E-state index is 0.264. The van der Waals surface area contributed by atoms with Crippen molar-refractivity contribution in [2.24, 2.45) is 5.92 Å². The Balaban J connectivity index is 2.03. The lowest BCUT2D eigenvalue weighted by Crippen LogP contribution is -2.29. The molecule has 0 spiro atoms. The van der Waals surface area contributed by atoms with Gasteiger partial charge in [0.2, 0.25) is 10.0 Å². The SMILES string of the molecule is O=C(c1ccc(S(=O)(=O)NCC2CCCCC2)s1)C(F)(F)F.